The highest BCUT2D eigenvalue weighted by atomic mass is 32.2. The van der Waals surface area contributed by atoms with E-state index in [1.54, 1.807) is 6.92 Å². The molecular formula is C13H17F2N3O2S. The lowest BCUT2D eigenvalue weighted by molar-refractivity contribution is 0.111. The van der Waals surface area contributed by atoms with Crippen molar-refractivity contribution in [2.45, 2.75) is 30.1 Å². The molecule has 0 amide bonds. The minimum atomic E-state index is -3.60. The second kappa shape index (κ2) is 4.96. The number of sulfonamides is 1. The average Bonchev–Trinajstić information content (AvgIpc) is 3.08. The molecule has 2 heterocycles. The van der Waals surface area contributed by atoms with E-state index in [4.69, 9.17) is 0 Å². The maximum absolute atomic E-state index is 13.1. The lowest BCUT2D eigenvalue weighted by Gasteiger charge is -2.27. The number of nitrogens with one attached hydrogen (secondary N) is 1. The highest BCUT2D eigenvalue weighted by Crippen LogP contribution is 2.55. The maximum Gasteiger partial charge on any atom is 0.257 e. The Morgan fingerprint density at radius 3 is 2.48 bits per heavy atom. The highest BCUT2D eigenvalue weighted by Gasteiger charge is 2.58. The Morgan fingerprint density at radius 1 is 1.33 bits per heavy atom. The first-order valence-electron chi connectivity index (χ1n) is 6.88. The van der Waals surface area contributed by atoms with Crippen LogP contribution >= 0.6 is 0 Å². The smallest absolute Gasteiger partial charge is 0.257 e. The Morgan fingerprint density at radius 2 is 1.95 bits per heavy atom. The lowest BCUT2D eigenvalue weighted by Crippen LogP contribution is -2.46. The predicted molar refractivity (Wildman–Crippen MR) is 72.9 cm³/mol. The molecule has 1 aliphatic carbocycles. The quantitative estimate of drug-likeness (QED) is 0.907. The van der Waals surface area contributed by atoms with Crippen LogP contribution in [0.15, 0.2) is 17.0 Å². The molecule has 21 heavy (non-hydrogen) atoms. The number of aromatic nitrogens is 1. The van der Waals surface area contributed by atoms with E-state index in [1.165, 1.54) is 16.4 Å². The third kappa shape index (κ3) is 2.67. The third-order valence-electron chi connectivity index (χ3n) is 3.94. The second-order valence-corrected chi connectivity index (χ2v) is 7.40. The number of pyridine rings is 1. The molecule has 1 aromatic heterocycles. The number of aryl methyl sites for hydroxylation is 1. The van der Waals surface area contributed by atoms with Gasteiger partial charge in [-0.05, 0) is 19.1 Å². The normalized spacial score (nSPS) is 25.8. The van der Waals surface area contributed by atoms with Crippen LogP contribution < -0.4 is 5.32 Å². The summed E-state index contributed by atoms with van der Waals surface area (Å²) in [5.74, 6) is -3.56. The van der Waals surface area contributed by atoms with Crippen LogP contribution in [-0.4, -0.2) is 49.8 Å². The van der Waals surface area contributed by atoms with Crippen molar-refractivity contribution in [3.8, 4) is 0 Å². The first-order chi connectivity index (χ1) is 9.82. The van der Waals surface area contributed by atoms with Crippen molar-refractivity contribution in [3.05, 3.63) is 23.5 Å². The fourth-order valence-corrected chi connectivity index (χ4v) is 4.19. The zero-order chi connectivity index (χ0) is 15.3. The molecule has 1 N–H and O–H groups in total. The monoisotopic (exact) mass is 317 g/mol. The largest absolute Gasteiger partial charge is 0.314 e. The van der Waals surface area contributed by atoms with E-state index in [0.29, 0.717) is 26.2 Å². The molecule has 1 aliphatic heterocycles. The van der Waals surface area contributed by atoms with Crippen molar-refractivity contribution in [2.75, 3.05) is 26.2 Å². The van der Waals surface area contributed by atoms with Crippen molar-refractivity contribution >= 4 is 10.0 Å². The van der Waals surface area contributed by atoms with Crippen LogP contribution in [0, 0.1) is 6.92 Å². The number of hydrogen-bond donors (Lipinski definition) is 1. The molecule has 1 atom stereocenters. The molecule has 0 spiro atoms. The first kappa shape index (κ1) is 14.8. The van der Waals surface area contributed by atoms with Gasteiger partial charge in [-0.1, -0.05) is 0 Å². The second-order valence-electron chi connectivity index (χ2n) is 5.49. The Hall–Kier alpha value is -1.12. The molecule has 0 aromatic carbocycles. The number of halogens is 2. The Bertz CT molecular complexity index is 657. The number of alkyl halides is 2. The van der Waals surface area contributed by atoms with Gasteiger partial charge in [-0.15, -0.1) is 0 Å². The summed E-state index contributed by atoms with van der Waals surface area (Å²) in [6, 6.07) is 2.82. The molecule has 5 nitrogen and oxygen atoms in total. The van der Waals surface area contributed by atoms with Crippen LogP contribution in [0.5, 0.6) is 0 Å². The molecule has 116 valence electrons. The Balaban J connectivity index is 1.88. The lowest BCUT2D eigenvalue weighted by atomic mass is 10.2. The van der Waals surface area contributed by atoms with Crippen LogP contribution in [0.1, 0.15) is 23.7 Å². The summed E-state index contributed by atoms with van der Waals surface area (Å²) in [5.41, 5.74) is 0.561. The van der Waals surface area contributed by atoms with Gasteiger partial charge in [-0.25, -0.2) is 17.2 Å². The molecule has 1 aromatic rings. The molecule has 1 saturated carbocycles. The predicted octanol–water partition coefficient (Wildman–Crippen LogP) is 1.11. The van der Waals surface area contributed by atoms with Crippen molar-refractivity contribution < 1.29 is 17.2 Å². The van der Waals surface area contributed by atoms with Gasteiger partial charge in [-0.2, -0.15) is 4.31 Å². The number of hydrogen-bond acceptors (Lipinski definition) is 4. The Labute approximate surface area is 122 Å². The van der Waals surface area contributed by atoms with Gasteiger partial charge in [0.1, 0.15) is 4.90 Å². The number of piperazine rings is 1. The fourth-order valence-electron chi connectivity index (χ4n) is 2.59. The summed E-state index contributed by atoms with van der Waals surface area (Å²) in [7, 11) is -3.60. The molecule has 0 radical (unpaired) electrons. The molecule has 8 heteroatoms. The number of rotatable bonds is 3. The van der Waals surface area contributed by atoms with E-state index < -0.39 is 21.9 Å². The van der Waals surface area contributed by atoms with Crippen LogP contribution in [0.25, 0.3) is 0 Å². The first-order valence-corrected chi connectivity index (χ1v) is 8.32. The van der Waals surface area contributed by atoms with E-state index in [9.17, 15) is 17.2 Å². The Kier molecular flexibility index (Phi) is 3.50. The van der Waals surface area contributed by atoms with Crippen molar-refractivity contribution in [2.24, 2.45) is 0 Å². The van der Waals surface area contributed by atoms with Gasteiger partial charge in [-0.3, -0.25) is 4.98 Å². The molecule has 3 rings (SSSR count). The van der Waals surface area contributed by atoms with Crippen molar-refractivity contribution in [1.29, 1.82) is 0 Å². The summed E-state index contributed by atoms with van der Waals surface area (Å²) in [5, 5.41) is 3.09. The average molecular weight is 317 g/mol. The molecule has 1 saturated heterocycles. The van der Waals surface area contributed by atoms with Gasteiger partial charge >= 0.3 is 0 Å². The highest BCUT2D eigenvalue weighted by molar-refractivity contribution is 7.89. The van der Waals surface area contributed by atoms with Gasteiger partial charge in [0.15, 0.2) is 0 Å². The fraction of sp³-hybridized carbons (Fsp3) is 0.615. The van der Waals surface area contributed by atoms with E-state index in [1.807, 2.05) is 0 Å². The summed E-state index contributed by atoms with van der Waals surface area (Å²) in [4.78, 5) is 4.20. The van der Waals surface area contributed by atoms with Gasteiger partial charge in [0, 0.05) is 32.6 Å². The van der Waals surface area contributed by atoms with Crippen LogP contribution in [0.4, 0.5) is 8.78 Å². The maximum atomic E-state index is 13.1. The van der Waals surface area contributed by atoms with E-state index >= 15 is 0 Å². The number of nitrogens with zero attached hydrogens (tertiary/aromatic N) is 2. The zero-order valence-corrected chi connectivity index (χ0v) is 12.5. The molecule has 2 fully saturated rings. The van der Waals surface area contributed by atoms with Crippen LogP contribution in [-0.2, 0) is 10.0 Å². The summed E-state index contributed by atoms with van der Waals surface area (Å²) in [6.45, 7) is 3.59. The van der Waals surface area contributed by atoms with Gasteiger partial charge in [0.05, 0.1) is 17.3 Å². The van der Waals surface area contributed by atoms with E-state index in [2.05, 4.69) is 10.3 Å². The zero-order valence-electron chi connectivity index (χ0n) is 11.6. The van der Waals surface area contributed by atoms with Gasteiger partial charge in [0.25, 0.3) is 5.92 Å². The molecule has 1 unspecified atom stereocenters. The molecule has 0 bridgehead atoms. The summed E-state index contributed by atoms with van der Waals surface area (Å²) in [6.07, 6.45) is -0.205. The molecular weight excluding hydrogens is 300 g/mol. The van der Waals surface area contributed by atoms with Crippen molar-refractivity contribution in [1.82, 2.24) is 14.6 Å². The minimum absolute atomic E-state index is 0.108. The van der Waals surface area contributed by atoms with E-state index in [0.717, 1.165) is 0 Å². The topological polar surface area (TPSA) is 62.3 Å². The third-order valence-corrected chi connectivity index (χ3v) is 5.97. The summed E-state index contributed by atoms with van der Waals surface area (Å²) >= 11 is 0. The van der Waals surface area contributed by atoms with Gasteiger partial charge in [0.2, 0.25) is 10.0 Å². The minimum Gasteiger partial charge on any atom is -0.314 e. The van der Waals surface area contributed by atoms with Crippen LogP contribution in [0.2, 0.25) is 0 Å². The SMILES string of the molecule is Cc1nc(C2CC2(F)F)ccc1S(=O)(=O)N1CCNCC1. The van der Waals surface area contributed by atoms with Crippen molar-refractivity contribution in [3.63, 3.8) is 0 Å². The van der Waals surface area contributed by atoms with Gasteiger partial charge < -0.3 is 5.32 Å². The van der Waals surface area contributed by atoms with E-state index in [-0.39, 0.29) is 22.7 Å². The molecule has 2 aliphatic rings. The standard InChI is InChI=1S/C13H17F2N3O2S/c1-9-12(21(19,20)18-6-4-16-5-7-18)3-2-11(17-9)10-8-13(10,14)15/h2-3,10,16H,4-8H2,1H3. The summed E-state index contributed by atoms with van der Waals surface area (Å²) < 4.78 is 52.6. The van der Waals surface area contributed by atoms with Crippen LogP contribution in [0.3, 0.4) is 0 Å².